The Morgan fingerprint density at radius 1 is 1.47 bits per heavy atom. The van der Waals surface area contributed by atoms with Gasteiger partial charge in [0.05, 0.1) is 12.8 Å². The van der Waals surface area contributed by atoms with E-state index in [1.54, 1.807) is 12.1 Å². The number of benzene rings is 1. The first-order valence-electron chi connectivity index (χ1n) is 5.22. The molecule has 1 aromatic heterocycles. The standard InChI is InChI=1S/C12H14FN3O/c1-16-7-9(6-14)15-12(16)8-3-4-11(17-2)10(13)5-8/h3-5,7H,6,14H2,1-2H3. The van der Waals surface area contributed by atoms with Gasteiger partial charge in [-0.3, -0.25) is 0 Å². The average molecular weight is 235 g/mol. The number of aromatic nitrogens is 2. The lowest BCUT2D eigenvalue weighted by atomic mass is 10.2. The molecule has 0 bridgehead atoms. The van der Waals surface area contributed by atoms with Gasteiger partial charge in [-0.2, -0.15) is 0 Å². The number of imidazole rings is 1. The fourth-order valence-electron chi connectivity index (χ4n) is 1.70. The smallest absolute Gasteiger partial charge is 0.165 e. The Kier molecular flexibility index (Phi) is 3.10. The van der Waals surface area contributed by atoms with E-state index in [0.29, 0.717) is 17.9 Å². The molecular formula is C12H14FN3O. The molecule has 0 spiro atoms. The molecule has 0 radical (unpaired) electrons. The van der Waals surface area contributed by atoms with Crippen molar-refractivity contribution in [2.24, 2.45) is 12.8 Å². The van der Waals surface area contributed by atoms with Crippen LogP contribution in [-0.2, 0) is 13.6 Å². The van der Waals surface area contributed by atoms with Crippen molar-refractivity contribution in [2.75, 3.05) is 7.11 Å². The van der Waals surface area contributed by atoms with Gasteiger partial charge in [-0.05, 0) is 18.2 Å². The summed E-state index contributed by atoms with van der Waals surface area (Å²) >= 11 is 0. The molecule has 90 valence electrons. The minimum absolute atomic E-state index is 0.224. The maximum absolute atomic E-state index is 13.6. The molecule has 2 rings (SSSR count). The SMILES string of the molecule is COc1ccc(-c2nc(CN)cn2C)cc1F. The van der Waals surface area contributed by atoms with Gasteiger partial charge in [0.1, 0.15) is 5.82 Å². The molecule has 0 aliphatic heterocycles. The third-order valence-electron chi connectivity index (χ3n) is 2.55. The highest BCUT2D eigenvalue weighted by molar-refractivity contribution is 5.57. The molecular weight excluding hydrogens is 221 g/mol. The van der Waals surface area contributed by atoms with Gasteiger partial charge >= 0.3 is 0 Å². The van der Waals surface area contributed by atoms with E-state index >= 15 is 0 Å². The van der Waals surface area contributed by atoms with Crippen LogP contribution in [0.25, 0.3) is 11.4 Å². The first kappa shape index (κ1) is 11.6. The lowest BCUT2D eigenvalue weighted by molar-refractivity contribution is 0.386. The van der Waals surface area contributed by atoms with E-state index < -0.39 is 5.82 Å². The highest BCUT2D eigenvalue weighted by Gasteiger charge is 2.10. The summed E-state index contributed by atoms with van der Waals surface area (Å²) in [5.41, 5.74) is 6.99. The average Bonchev–Trinajstić information content (AvgIpc) is 2.70. The van der Waals surface area contributed by atoms with Crippen molar-refractivity contribution in [2.45, 2.75) is 6.54 Å². The predicted octanol–water partition coefficient (Wildman–Crippen LogP) is 1.69. The van der Waals surface area contributed by atoms with Crippen molar-refractivity contribution < 1.29 is 9.13 Å². The fraction of sp³-hybridized carbons (Fsp3) is 0.250. The molecule has 0 unspecified atom stereocenters. The quantitative estimate of drug-likeness (QED) is 0.880. The maximum Gasteiger partial charge on any atom is 0.165 e. The number of aryl methyl sites for hydroxylation is 1. The topological polar surface area (TPSA) is 53.1 Å². The molecule has 0 saturated carbocycles. The highest BCUT2D eigenvalue weighted by atomic mass is 19.1. The zero-order chi connectivity index (χ0) is 12.4. The molecule has 0 aliphatic rings. The molecule has 1 heterocycles. The lowest BCUT2D eigenvalue weighted by Gasteiger charge is -2.05. The molecule has 0 saturated heterocycles. The van der Waals surface area contributed by atoms with Crippen molar-refractivity contribution in [1.29, 1.82) is 0 Å². The fourth-order valence-corrected chi connectivity index (χ4v) is 1.70. The lowest BCUT2D eigenvalue weighted by Crippen LogP contribution is -1.95. The van der Waals surface area contributed by atoms with Crippen LogP contribution < -0.4 is 10.5 Å². The van der Waals surface area contributed by atoms with Gasteiger partial charge in [-0.15, -0.1) is 0 Å². The normalized spacial score (nSPS) is 10.6. The number of ether oxygens (including phenoxy) is 1. The largest absolute Gasteiger partial charge is 0.494 e. The molecule has 1 aromatic carbocycles. The molecule has 4 nitrogen and oxygen atoms in total. The molecule has 5 heteroatoms. The van der Waals surface area contributed by atoms with Crippen LogP contribution in [0.1, 0.15) is 5.69 Å². The molecule has 0 fully saturated rings. The monoisotopic (exact) mass is 235 g/mol. The van der Waals surface area contributed by atoms with E-state index in [1.807, 2.05) is 17.8 Å². The Labute approximate surface area is 98.8 Å². The molecule has 2 N–H and O–H groups in total. The molecule has 17 heavy (non-hydrogen) atoms. The summed E-state index contributed by atoms with van der Waals surface area (Å²) in [4.78, 5) is 4.33. The second kappa shape index (κ2) is 4.55. The number of rotatable bonds is 3. The molecule has 0 amide bonds. The van der Waals surface area contributed by atoms with Gasteiger partial charge in [-0.1, -0.05) is 0 Å². The zero-order valence-corrected chi connectivity index (χ0v) is 9.77. The summed E-state index contributed by atoms with van der Waals surface area (Å²) in [5.74, 6) is 0.510. The number of hydrogen-bond acceptors (Lipinski definition) is 3. The van der Waals surface area contributed by atoms with Crippen LogP contribution in [0.5, 0.6) is 5.75 Å². The van der Waals surface area contributed by atoms with E-state index in [1.165, 1.54) is 13.2 Å². The Bertz CT molecular complexity index is 537. The van der Waals surface area contributed by atoms with Crippen molar-refractivity contribution in [3.05, 3.63) is 35.9 Å². The number of hydrogen-bond donors (Lipinski definition) is 1. The predicted molar refractivity (Wildman–Crippen MR) is 63.0 cm³/mol. The van der Waals surface area contributed by atoms with Gasteiger partial charge in [0, 0.05) is 25.4 Å². The van der Waals surface area contributed by atoms with Gasteiger partial charge in [0.15, 0.2) is 11.6 Å². The van der Waals surface area contributed by atoms with E-state index in [0.717, 1.165) is 5.69 Å². The second-order valence-electron chi connectivity index (χ2n) is 3.72. The van der Waals surface area contributed by atoms with E-state index in [9.17, 15) is 4.39 Å². The van der Waals surface area contributed by atoms with Crippen LogP contribution in [0.4, 0.5) is 4.39 Å². The summed E-state index contributed by atoms with van der Waals surface area (Å²) in [6.07, 6.45) is 1.83. The van der Waals surface area contributed by atoms with Crippen LogP contribution >= 0.6 is 0 Å². The summed E-state index contributed by atoms with van der Waals surface area (Å²) < 4.78 is 20.3. The number of methoxy groups -OCH3 is 1. The molecule has 0 aliphatic carbocycles. The zero-order valence-electron chi connectivity index (χ0n) is 9.77. The highest BCUT2D eigenvalue weighted by Crippen LogP contribution is 2.24. The van der Waals surface area contributed by atoms with Crippen LogP contribution in [-0.4, -0.2) is 16.7 Å². The first-order chi connectivity index (χ1) is 8.15. The van der Waals surface area contributed by atoms with E-state index in [-0.39, 0.29) is 5.75 Å². The van der Waals surface area contributed by atoms with Crippen molar-refractivity contribution >= 4 is 0 Å². The number of nitrogens with two attached hydrogens (primary N) is 1. The van der Waals surface area contributed by atoms with Crippen LogP contribution in [0, 0.1) is 5.82 Å². The Morgan fingerprint density at radius 2 is 2.24 bits per heavy atom. The van der Waals surface area contributed by atoms with Gasteiger partial charge in [0.2, 0.25) is 0 Å². The van der Waals surface area contributed by atoms with Crippen LogP contribution in [0.3, 0.4) is 0 Å². The van der Waals surface area contributed by atoms with Crippen molar-refractivity contribution in [3.8, 4) is 17.1 Å². The Balaban J connectivity index is 2.45. The molecule has 2 aromatic rings. The van der Waals surface area contributed by atoms with E-state index in [2.05, 4.69) is 4.98 Å². The van der Waals surface area contributed by atoms with Gasteiger partial charge in [-0.25, -0.2) is 9.37 Å². The summed E-state index contributed by atoms with van der Waals surface area (Å²) in [5, 5.41) is 0. The Hall–Kier alpha value is -1.88. The van der Waals surface area contributed by atoms with Gasteiger partial charge < -0.3 is 15.0 Å². The number of halogens is 1. The summed E-state index contributed by atoms with van der Waals surface area (Å²) in [7, 11) is 3.29. The third-order valence-corrected chi connectivity index (χ3v) is 2.55. The van der Waals surface area contributed by atoms with Crippen molar-refractivity contribution in [3.63, 3.8) is 0 Å². The van der Waals surface area contributed by atoms with Gasteiger partial charge in [0.25, 0.3) is 0 Å². The second-order valence-corrected chi connectivity index (χ2v) is 3.72. The minimum atomic E-state index is -0.401. The maximum atomic E-state index is 13.6. The molecule has 0 atom stereocenters. The third kappa shape index (κ3) is 2.14. The first-order valence-corrected chi connectivity index (χ1v) is 5.22. The van der Waals surface area contributed by atoms with Crippen LogP contribution in [0.15, 0.2) is 24.4 Å². The summed E-state index contributed by atoms with van der Waals surface area (Å²) in [6, 6.07) is 4.76. The van der Waals surface area contributed by atoms with E-state index in [4.69, 9.17) is 10.5 Å². The Morgan fingerprint density at radius 3 is 2.76 bits per heavy atom. The minimum Gasteiger partial charge on any atom is -0.494 e. The number of nitrogens with zero attached hydrogens (tertiary/aromatic N) is 2. The summed E-state index contributed by atoms with van der Waals surface area (Å²) in [6.45, 7) is 0.368. The van der Waals surface area contributed by atoms with Crippen LogP contribution in [0.2, 0.25) is 0 Å². The van der Waals surface area contributed by atoms with Crippen molar-refractivity contribution in [1.82, 2.24) is 9.55 Å².